The largest absolute Gasteiger partial charge is 0.480 e. The summed E-state index contributed by atoms with van der Waals surface area (Å²) >= 11 is 0. The third kappa shape index (κ3) is 2.21. The molecule has 0 fully saturated rings. The lowest BCUT2D eigenvalue weighted by atomic mass is 9.89. The van der Waals surface area contributed by atoms with Crippen molar-refractivity contribution in [2.24, 2.45) is 5.73 Å². The Kier molecular flexibility index (Phi) is 2.97. The highest BCUT2D eigenvalue weighted by atomic mass is 16.4. The molecule has 0 aliphatic heterocycles. The van der Waals surface area contributed by atoms with Crippen molar-refractivity contribution in [2.75, 3.05) is 0 Å². The van der Waals surface area contributed by atoms with Crippen LogP contribution in [0.3, 0.4) is 0 Å². The van der Waals surface area contributed by atoms with E-state index in [9.17, 15) is 9.90 Å². The Morgan fingerprint density at radius 1 is 1.24 bits per heavy atom. The fourth-order valence-corrected chi connectivity index (χ4v) is 1.72. The van der Waals surface area contributed by atoms with E-state index in [1.807, 2.05) is 30.3 Å². The third-order valence-electron chi connectivity index (χ3n) is 2.67. The van der Waals surface area contributed by atoms with E-state index in [1.54, 1.807) is 12.1 Å². The van der Waals surface area contributed by atoms with Crippen molar-refractivity contribution >= 4 is 5.97 Å². The quantitative estimate of drug-likeness (QED) is 0.840. The van der Waals surface area contributed by atoms with E-state index in [1.165, 1.54) is 6.26 Å². The summed E-state index contributed by atoms with van der Waals surface area (Å²) in [5.41, 5.74) is 5.28. The van der Waals surface area contributed by atoms with Crippen LogP contribution < -0.4 is 5.73 Å². The van der Waals surface area contributed by atoms with Gasteiger partial charge in [-0.3, -0.25) is 0 Å². The van der Waals surface area contributed by atoms with Gasteiger partial charge in [0.05, 0.1) is 6.26 Å². The first-order valence-electron chi connectivity index (χ1n) is 5.23. The molecule has 1 aromatic carbocycles. The minimum atomic E-state index is -1.52. The summed E-state index contributed by atoms with van der Waals surface area (Å²) < 4.78 is 5.13. The monoisotopic (exact) mass is 231 g/mol. The van der Waals surface area contributed by atoms with Crippen LogP contribution in [0.15, 0.2) is 53.1 Å². The van der Waals surface area contributed by atoms with Gasteiger partial charge in [0.15, 0.2) is 5.54 Å². The number of nitrogens with two attached hydrogens (primary N) is 1. The molecule has 0 aliphatic rings. The Hall–Kier alpha value is -2.07. The molecule has 0 radical (unpaired) electrons. The molecule has 4 nitrogen and oxygen atoms in total. The smallest absolute Gasteiger partial charge is 0.331 e. The zero-order valence-corrected chi connectivity index (χ0v) is 9.17. The van der Waals surface area contributed by atoms with Crippen LogP contribution in [0.25, 0.3) is 0 Å². The van der Waals surface area contributed by atoms with Crippen LogP contribution in [-0.4, -0.2) is 11.1 Å². The Morgan fingerprint density at radius 3 is 2.47 bits per heavy atom. The predicted molar refractivity (Wildman–Crippen MR) is 62.4 cm³/mol. The average molecular weight is 231 g/mol. The number of carbonyl (C=O) groups is 1. The molecule has 3 N–H and O–H groups in total. The predicted octanol–water partition coefficient (Wildman–Crippen LogP) is 1.76. The van der Waals surface area contributed by atoms with E-state index in [0.29, 0.717) is 0 Å². The van der Waals surface area contributed by atoms with Crippen LogP contribution in [0, 0.1) is 0 Å². The highest BCUT2D eigenvalue weighted by Gasteiger charge is 2.39. The lowest BCUT2D eigenvalue weighted by Gasteiger charge is -2.22. The van der Waals surface area contributed by atoms with E-state index in [2.05, 4.69) is 0 Å². The van der Waals surface area contributed by atoms with Gasteiger partial charge in [0.1, 0.15) is 5.76 Å². The van der Waals surface area contributed by atoms with Crippen molar-refractivity contribution in [1.29, 1.82) is 0 Å². The zero-order valence-electron chi connectivity index (χ0n) is 9.17. The van der Waals surface area contributed by atoms with Crippen LogP contribution in [0.1, 0.15) is 11.3 Å². The maximum atomic E-state index is 11.3. The zero-order chi connectivity index (χ0) is 12.3. The molecule has 0 saturated carbocycles. The lowest BCUT2D eigenvalue weighted by Crippen LogP contribution is -2.46. The van der Waals surface area contributed by atoms with Crippen molar-refractivity contribution in [3.63, 3.8) is 0 Å². The summed E-state index contributed by atoms with van der Waals surface area (Å²) in [7, 11) is 0. The van der Waals surface area contributed by atoms with Crippen molar-refractivity contribution in [2.45, 2.75) is 12.0 Å². The summed E-state index contributed by atoms with van der Waals surface area (Å²) in [6.45, 7) is 0. The molecule has 1 heterocycles. The molecule has 0 aliphatic carbocycles. The summed E-state index contributed by atoms with van der Waals surface area (Å²) in [5, 5.41) is 9.28. The molecule has 0 unspecified atom stereocenters. The number of benzene rings is 1. The Balaban J connectivity index is 2.34. The Labute approximate surface area is 98.7 Å². The van der Waals surface area contributed by atoms with E-state index < -0.39 is 11.5 Å². The standard InChI is InChI=1S/C13H13NO3/c14-13(12(15)16,11-7-4-8-17-11)9-10-5-2-1-3-6-10/h1-8H,9,14H2,(H,15,16)/t13-/m0/s1. The number of carboxylic acid groups (broad SMARTS) is 1. The number of rotatable bonds is 4. The minimum absolute atomic E-state index is 0.191. The molecule has 17 heavy (non-hydrogen) atoms. The normalized spacial score (nSPS) is 14.2. The van der Waals surface area contributed by atoms with E-state index in [0.717, 1.165) is 5.56 Å². The second kappa shape index (κ2) is 4.43. The van der Waals surface area contributed by atoms with Crippen molar-refractivity contribution in [3.8, 4) is 0 Å². The van der Waals surface area contributed by atoms with E-state index in [-0.39, 0.29) is 12.2 Å². The van der Waals surface area contributed by atoms with Gasteiger partial charge in [-0.05, 0) is 17.7 Å². The fraction of sp³-hybridized carbons (Fsp3) is 0.154. The molecule has 1 aromatic heterocycles. The number of hydrogen-bond donors (Lipinski definition) is 2. The average Bonchev–Trinajstić information content (AvgIpc) is 2.84. The van der Waals surface area contributed by atoms with Crippen molar-refractivity contribution in [1.82, 2.24) is 0 Å². The molecule has 2 rings (SSSR count). The first-order chi connectivity index (χ1) is 8.13. The van der Waals surface area contributed by atoms with Crippen molar-refractivity contribution < 1.29 is 14.3 Å². The van der Waals surface area contributed by atoms with Gasteiger partial charge in [-0.25, -0.2) is 4.79 Å². The van der Waals surface area contributed by atoms with Crippen molar-refractivity contribution in [3.05, 3.63) is 60.1 Å². The molecule has 1 atom stereocenters. The molecule has 2 aromatic rings. The molecule has 88 valence electrons. The second-order valence-electron chi connectivity index (χ2n) is 3.92. The molecule has 0 bridgehead atoms. The maximum absolute atomic E-state index is 11.3. The van der Waals surface area contributed by atoms with Gasteiger partial charge in [-0.15, -0.1) is 0 Å². The maximum Gasteiger partial charge on any atom is 0.331 e. The Bertz CT molecular complexity index is 493. The second-order valence-corrected chi connectivity index (χ2v) is 3.92. The number of hydrogen-bond acceptors (Lipinski definition) is 3. The first kappa shape index (κ1) is 11.4. The fourth-order valence-electron chi connectivity index (χ4n) is 1.72. The van der Waals surface area contributed by atoms with Gasteiger partial charge in [0.2, 0.25) is 0 Å². The molecule has 0 spiro atoms. The minimum Gasteiger partial charge on any atom is -0.480 e. The summed E-state index contributed by atoms with van der Waals surface area (Å²) in [6.07, 6.45) is 1.61. The number of carboxylic acids is 1. The van der Waals surface area contributed by atoms with Gasteiger partial charge in [-0.1, -0.05) is 30.3 Å². The summed E-state index contributed by atoms with van der Waals surface area (Å²) in [5.74, 6) is -0.842. The summed E-state index contributed by atoms with van der Waals surface area (Å²) in [4.78, 5) is 11.3. The number of furan rings is 1. The van der Waals surface area contributed by atoms with Gasteiger partial charge in [-0.2, -0.15) is 0 Å². The van der Waals surface area contributed by atoms with Gasteiger partial charge in [0.25, 0.3) is 0 Å². The van der Waals surface area contributed by atoms with Crippen LogP contribution in [0.4, 0.5) is 0 Å². The van der Waals surface area contributed by atoms with Crippen LogP contribution in [0.2, 0.25) is 0 Å². The van der Waals surface area contributed by atoms with E-state index in [4.69, 9.17) is 10.2 Å². The molecular formula is C13H13NO3. The number of aliphatic carboxylic acids is 1. The highest BCUT2D eigenvalue weighted by molar-refractivity contribution is 5.80. The third-order valence-corrected chi connectivity index (χ3v) is 2.67. The first-order valence-corrected chi connectivity index (χ1v) is 5.23. The molecule has 0 saturated heterocycles. The molecular weight excluding hydrogens is 218 g/mol. The van der Waals surface area contributed by atoms with E-state index >= 15 is 0 Å². The van der Waals surface area contributed by atoms with Crippen LogP contribution in [-0.2, 0) is 16.8 Å². The van der Waals surface area contributed by atoms with Crippen LogP contribution >= 0.6 is 0 Å². The summed E-state index contributed by atoms with van der Waals surface area (Å²) in [6, 6.07) is 12.5. The topological polar surface area (TPSA) is 76.5 Å². The molecule has 4 heteroatoms. The SMILES string of the molecule is N[C@](Cc1ccccc1)(C(=O)O)c1ccco1. The van der Waals surface area contributed by atoms with Gasteiger partial charge < -0.3 is 15.3 Å². The van der Waals surface area contributed by atoms with Gasteiger partial charge >= 0.3 is 5.97 Å². The molecule has 0 amide bonds. The van der Waals surface area contributed by atoms with Crippen LogP contribution in [0.5, 0.6) is 0 Å². The Morgan fingerprint density at radius 2 is 1.94 bits per heavy atom. The lowest BCUT2D eigenvalue weighted by molar-refractivity contribution is -0.144. The highest BCUT2D eigenvalue weighted by Crippen LogP contribution is 2.24. The van der Waals surface area contributed by atoms with Gasteiger partial charge in [0, 0.05) is 6.42 Å².